The minimum absolute atomic E-state index is 0.259. The Balaban J connectivity index is 2.04. The van der Waals surface area contributed by atoms with Crippen LogP contribution in [0.1, 0.15) is 18.5 Å². The second-order valence-electron chi connectivity index (χ2n) is 5.15. The maximum Gasteiger partial charge on any atom is 0.294 e. The monoisotopic (exact) mass is 355 g/mol. The number of ether oxygens (including phenoxy) is 1. The zero-order chi connectivity index (χ0) is 17.7. The SMILES string of the molecule is COc1ccc(C2NC(=O)SC2C(=O)NC(C)CO[N+](=O)[O-])cc1. The normalized spacial score (nSPS) is 20.8. The first-order valence-corrected chi connectivity index (χ1v) is 7.97. The van der Waals surface area contributed by atoms with Crippen LogP contribution in [0.5, 0.6) is 5.75 Å². The number of rotatable bonds is 7. The van der Waals surface area contributed by atoms with Gasteiger partial charge in [0.05, 0.1) is 13.2 Å². The van der Waals surface area contributed by atoms with Crippen LogP contribution in [0, 0.1) is 10.1 Å². The lowest BCUT2D eigenvalue weighted by Gasteiger charge is -2.20. The molecule has 1 fully saturated rings. The number of thioether (sulfide) groups is 1. The van der Waals surface area contributed by atoms with E-state index < -0.39 is 28.3 Å². The highest BCUT2D eigenvalue weighted by Crippen LogP contribution is 2.34. The van der Waals surface area contributed by atoms with Gasteiger partial charge in [-0.3, -0.25) is 9.59 Å². The van der Waals surface area contributed by atoms with Crippen LogP contribution in [0.3, 0.4) is 0 Å². The maximum absolute atomic E-state index is 12.4. The molecule has 3 unspecified atom stereocenters. The molecule has 0 aromatic heterocycles. The zero-order valence-electron chi connectivity index (χ0n) is 13.1. The molecule has 1 aliphatic heterocycles. The van der Waals surface area contributed by atoms with Crippen molar-refractivity contribution in [1.82, 2.24) is 10.6 Å². The number of nitrogens with zero attached hydrogens (tertiary/aromatic N) is 1. The van der Waals surface area contributed by atoms with Gasteiger partial charge in [0.25, 0.3) is 10.3 Å². The van der Waals surface area contributed by atoms with E-state index in [1.807, 2.05) is 0 Å². The summed E-state index contributed by atoms with van der Waals surface area (Å²) < 4.78 is 5.09. The Hall–Kier alpha value is -2.49. The molecular weight excluding hydrogens is 338 g/mol. The fraction of sp³-hybridized carbons (Fsp3) is 0.429. The fourth-order valence-corrected chi connectivity index (χ4v) is 3.20. The molecule has 10 heteroatoms. The molecule has 1 aromatic carbocycles. The molecule has 1 aromatic rings. The molecule has 2 amide bonds. The Bertz CT molecular complexity index is 623. The van der Waals surface area contributed by atoms with Crippen molar-refractivity contribution in [3.05, 3.63) is 39.9 Å². The predicted molar refractivity (Wildman–Crippen MR) is 86.2 cm³/mol. The van der Waals surface area contributed by atoms with Gasteiger partial charge in [-0.2, -0.15) is 0 Å². The van der Waals surface area contributed by atoms with E-state index in [1.165, 1.54) is 0 Å². The molecular formula is C14H17N3O6S. The second kappa shape index (κ2) is 7.86. The average Bonchev–Trinajstić information content (AvgIpc) is 2.95. The molecule has 3 atom stereocenters. The summed E-state index contributed by atoms with van der Waals surface area (Å²) >= 11 is 0.885. The molecule has 9 nitrogen and oxygen atoms in total. The van der Waals surface area contributed by atoms with E-state index in [0.29, 0.717) is 5.75 Å². The third-order valence-electron chi connectivity index (χ3n) is 3.36. The van der Waals surface area contributed by atoms with E-state index in [4.69, 9.17) is 4.74 Å². The first-order chi connectivity index (χ1) is 11.4. The van der Waals surface area contributed by atoms with Crippen molar-refractivity contribution < 1.29 is 24.3 Å². The van der Waals surface area contributed by atoms with Gasteiger partial charge < -0.3 is 20.2 Å². The summed E-state index contributed by atoms with van der Waals surface area (Å²) in [6, 6.07) is 5.98. The van der Waals surface area contributed by atoms with Gasteiger partial charge in [-0.05, 0) is 36.4 Å². The van der Waals surface area contributed by atoms with Gasteiger partial charge in [-0.25, -0.2) is 0 Å². The van der Waals surface area contributed by atoms with Gasteiger partial charge in [0, 0.05) is 6.04 Å². The molecule has 1 aliphatic rings. The summed E-state index contributed by atoms with van der Waals surface area (Å²) in [7, 11) is 1.55. The van der Waals surface area contributed by atoms with Crippen molar-refractivity contribution in [2.45, 2.75) is 24.3 Å². The molecule has 1 saturated heterocycles. The third-order valence-corrected chi connectivity index (χ3v) is 4.43. The highest BCUT2D eigenvalue weighted by molar-refractivity contribution is 8.15. The lowest BCUT2D eigenvalue weighted by Crippen LogP contribution is -2.43. The highest BCUT2D eigenvalue weighted by atomic mass is 32.2. The lowest BCUT2D eigenvalue weighted by atomic mass is 10.0. The standard InChI is InChI=1S/C14H17N3O6S/c1-8(7-23-17(20)21)15-13(18)12-11(16-14(19)24-12)9-3-5-10(22-2)6-4-9/h3-6,8,11-12H,7H2,1-2H3,(H,15,18)(H,16,19). The van der Waals surface area contributed by atoms with Gasteiger partial charge >= 0.3 is 0 Å². The van der Waals surface area contributed by atoms with Gasteiger partial charge in [0.15, 0.2) is 0 Å². The summed E-state index contributed by atoms with van der Waals surface area (Å²) in [5.41, 5.74) is 0.767. The minimum atomic E-state index is -0.918. The van der Waals surface area contributed by atoms with Crippen molar-refractivity contribution in [2.24, 2.45) is 0 Å². The number of hydrogen-bond donors (Lipinski definition) is 2. The van der Waals surface area contributed by atoms with Gasteiger partial charge in [-0.1, -0.05) is 12.1 Å². The number of carbonyl (C=O) groups is 2. The summed E-state index contributed by atoms with van der Waals surface area (Å²) in [6.45, 7) is 1.32. The van der Waals surface area contributed by atoms with E-state index >= 15 is 0 Å². The molecule has 0 radical (unpaired) electrons. The average molecular weight is 355 g/mol. The number of methoxy groups -OCH3 is 1. The Labute approximate surface area is 142 Å². The van der Waals surface area contributed by atoms with Crippen molar-refractivity contribution in [3.8, 4) is 5.75 Å². The summed E-state index contributed by atoms with van der Waals surface area (Å²) in [5.74, 6) is 0.279. The van der Waals surface area contributed by atoms with Gasteiger partial charge in [0.2, 0.25) is 5.91 Å². The maximum atomic E-state index is 12.4. The Morgan fingerprint density at radius 3 is 2.71 bits per heavy atom. The van der Waals surface area contributed by atoms with Crippen LogP contribution in [0.25, 0.3) is 0 Å². The molecule has 0 aliphatic carbocycles. The number of benzene rings is 1. The van der Waals surface area contributed by atoms with E-state index in [9.17, 15) is 19.7 Å². The number of hydrogen-bond acceptors (Lipinski definition) is 7. The molecule has 0 bridgehead atoms. The molecule has 0 saturated carbocycles. The first kappa shape index (κ1) is 17.9. The van der Waals surface area contributed by atoms with Crippen LogP contribution < -0.4 is 15.4 Å². The summed E-state index contributed by atoms with van der Waals surface area (Å²) in [4.78, 5) is 38.5. The van der Waals surface area contributed by atoms with Crippen LogP contribution in [0.4, 0.5) is 4.79 Å². The minimum Gasteiger partial charge on any atom is -0.497 e. The number of amides is 2. The van der Waals surface area contributed by atoms with Crippen molar-refractivity contribution in [3.63, 3.8) is 0 Å². The predicted octanol–water partition coefficient (Wildman–Crippen LogP) is 1.27. The second-order valence-corrected chi connectivity index (χ2v) is 6.26. The molecule has 130 valence electrons. The molecule has 0 spiro atoms. The Kier molecular flexibility index (Phi) is 5.85. The van der Waals surface area contributed by atoms with Crippen LogP contribution in [-0.2, 0) is 9.63 Å². The van der Waals surface area contributed by atoms with E-state index in [0.717, 1.165) is 17.3 Å². The smallest absolute Gasteiger partial charge is 0.294 e. The van der Waals surface area contributed by atoms with E-state index in [-0.39, 0.29) is 11.8 Å². The zero-order valence-corrected chi connectivity index (χ0v) is 13.9. The molecule has 2 N–H and O–H groups in total. The third kappa shape index (κ3) is 4.51. The number of nitrogens with one attached hydrogen (secondary N) is 2. The fourth-order valence-electron chi connectivity index (χ4n) is 2.23. The lowest BCUT2D eigenvalue weighted by molar-refractivity contribution is -0.758. The summed E-state index contributed by atoms with van der Waals surface area (Å²) in [6.07, 6.45) is 0. The number of carbonyl (C=O) groups excluding carboxylic acids is 2. The molecule has 24 heavy (non-hydrogen) atoms. The molecule has 1 heterocycles. The molecule has 2 rings (SSSR count). The van der Waals surface area contributed by atoms with Crippen molar-refractivity contribution in [2.75, 3.05) is 13.7 Å². The van der Waals surface area contributed by atoms with Crippen molar-refractivity contribution in [1.29, 1.82) is 0 Å². The van der Waals surface area contributed by atoms with Crippen LogP contribution in [0.2, 0.25) is 0 Å². The summed E-state index contributed by atoms with van der Waals surface area (Å²) in [5, 5.41) is 13.6. The van der Waals surface area contributed by atoms with Crippen LogP contribution in [-0.4, -0.2) is 41.2 Å². The topological polar surface area (TPSA) is 120 Å². The van der Waals surface area contributed by atoms with Gasteiger partial charge in [-0.15, -0.1) is 10.1 Å². The van der Waals surface area contributed by atoms with E-state index in [1.54, 1.807) is 38.3 Å². The van der Waals surface area contributed by atoms with Crippen LogP contribution >= 0.6 is 11.8 Å². The Morgan fingerprint density at radius 1 is 1.46 bits per heavy atom. The largest absolute Gasteiger partial charge is 0.497 e. The first-order valence-electron chi connectivity index (χ1n) is 7.09. The quantitative estimate of drug-likeness (QED) is 0.558. The van der Waals surface area contributed by atoms with Crippen LogP contribution in [0.15, 0.2) is 24.3 Å². The van der Waals surface area contributed by atoms with E-state index in [2.05, 4.69) is 15.5 Å². The Morgan fingerprint density at radius 2 is 2.12 bits per heavy atom. The van der Waals surface area contributed by atoms with Gasteiger partial charge in [0.1, 0.15) is 17.6 Å². The highest BCUT2D eigenvalue weighted by Gasteiger charge is 2.39. The van der Waals surface area contributed by atoms with Crippen molar-refractivity contribution >= 4 is 22.9 Å².